The van der Waals surface area contributed by atoms with Crippen molar-refractivity contribution < 1.29 is 8.42 Å². The first-order chi connectivity index (χ1) is 8.01. The second-order valence-electron chi connectivity index (χ2n) is 5.61. The summed E-state index contributed by atoms with van der Waals surface area (Å²) >= 11 is 0. The molecule has 0 saturated carbocycles. The molecule has 2 aliphatic rings. The highest BCUT2D eigenvalue weighted by molar-refractivity contribution is 7.89. The van der Waals surface area contributed by atoms with E-state index in [0.717, 1.165) is 25.8 Å². The third kappa shape index (κ3) is 2.83. The molecule has 0 aromatic heterocycles. The van der Waals surface area contributed by atoms with E-state index >= 15 is 0 Å². The molecule has 2 heterocycles. The number of nitrogens with one attached hydrogen (secondary N) is 1. The molecule has 1 N–H and O–H groups in total. The van der Waals surface area contributed by atoms with Crippen LogP contribution in [0, 0.1) is 11.8 Å². The molecular formula is C12H24N2O2S. The van der Waals surface area contributed by atoms with E-state index in [4.69, 9.17) is 0 Å². The Morgan fingerprint density at radius 3 is 2.53 bits per heavy atom. The van der Waals surface area contributed by atoms with Crippen LogP contribution in [0.15, 0.2) is 0 Å². The standard InChI is InChI=1S/C12H24N2O2S/c1-10-5-7-14(9-11(10)2)17(15,16)12-4-3-6-13-8-12/h10-13H,3-9H2,1-2H3. The van der Waals surface area contributed by atoms with Gasteiger partial charge < -0.3 is 5.32 Å². The van der Waals surface area contributed by atoms with Crippen LogP contribution in [0.25, 0.3) is 0 Å². The summed E-state index contributed by atoms with van der Waals surface area (Å²) in [6.45, 7) is 7.38. The van der Waals surface area contributed by atoms with Crippen molar-refractivity contribution in [3.63, 3.8) is 0 Å². The van der Waals surface area contributed by atoms with Gasteiger partial charge in [-0.1, -0.05) is 13.8 Å². The van der Waals surface area contributed by atoms with Crippen molar-refractivity contribution in [2.24, 2.45) is 11.8 Å². The fraction of sp³-hybridized carbons (Fsp3) is 1.00. The molecule has 0 amide bonds. The Morgan fingerprint density at radius 1 is 1.18 bits per heavy atom. The fourth-order valence-electron chi connectivity index (χ4n) is 2.74. The number of piperidine rings is 2. The van der Waals surface area contributed by atoms with E-state index in [1.807, 2.05) is 0 Å². The average molecular weight is 260 g/mol. The summed E-state index contributed by atoms with van der Waals surface area (Å²) < 4.78 is 26.7. The molecule has 3 unspecified atom stereocenters. The Labute approximate surface area is 105 Å². The van der Waals surface area contributed by atoms with E-state index in [1.54, 1.807) is 4.31 Å². The van der Waals surface area contributed by atoms with Crippen LogP contribution in [-0.4, -0.2) is 44.2 Å². The van der Waals surface area contributed by atoms with Gasteiger partial charge in [0.05, 0.1) is 5.25 Å². The number of rotatable bonds is 2. The molecule has 0 radical (unpaired) electrons. The predicted octanol–water partition coefficient (Wildman–Crippen LogP) is 1.05. The van der Waals surface area contributed by atoms with Crippen LogP contribution in [0.5, 0.6) is 0 Å². The van der Waals surface area contributed by atoms with E-state index in [-0.39, 0.29) is 5.25 Å². The molecule has 0 spiro atoms. The molecule has 0 aromatic rings. The van der Waals surface area contributed by atoms with E-state index in [9.17, 15) is 8.42 Å². The molecule has 17 heavy (non-hydrogen) atoms. The normalized spacial score (nSPS) is 36.9. The van der Waals surface area contributed by atoms with Gasteiger partial charge in [0.2, 0.25) is 10.0 Å². The minimum atomic E-state index is -3.07. The predicted molar refractivity (Wildman–Crippen MR) is 69.3 cm³/mol. The average Bonchev–Trinajstić information content (AvgIpc) is 2.33. The molecule has 2 aliphatic heterocycles. The third-order valence-corrected chi connectivity index (χ3v) is 6.63. The lowest BCUT2D eigenvalue weighted by atomic mass is 9.90. The molecule has 5 heteroatoms. The first-order valence-corrected chi connectivity index (χ1v) is 8.22. The fourth-order valence-corrected chi connectivity index (χ4v) is 4.76. The van der Waals surface area contributed by atoms with Crippen molar-refractivity contribution >= 4 is 10.0 Å². The first-order valence-electron chi connectivity index (χ1n) is 6.71. The second-order valence-corrected chi connectivity index (χ2v) is 7.83. The van der Waals surface area contributed by atoms with Crippen LogP contribution in [0.2, 0.25) is 0 Å². The quantitative estimate of drug-likeness (QED) is 0.807. The van der Waals surface area contributed by atoms with Gasteiger partial charge in [-0.25, -0.2) is 12.7 Å². The minimum Gasteiger partial charge on any atom is -0.315 e. The van der Waals surface area contributed by atoms with Gasteiger partial charge in [-0.2, -0.15) is 0 Å². The highest BCUT2D eigenvalue weighted by Gasteiger charge is 2.36. The van der Waals surface area contributed by atoms with Gasteiger partial charge in [0, 0.05) is 19.6 Å². The summed E-state index contributed by atoms with van der Waals surface area (Å²) in [5.41, 5.74) is 0. The van der Waals surface area contributed by atoms with E-state index < -0.39 is 10.0 Å². The molecule has 3 atom stereocenters. The molecular weight excluding hydrogens is 236 g/mol. The van der Waals surface area contributed by atoms with Crippen LogP contribution in [0.1, 0.15) is 33.1 Å². The van der Waals surface area contributed by atoms with Gasteiger partial charge in [-0.15, -0.1) is 0 Å². The monoisotopic (exact) mass is 260 g/mol. The zero-order valence-corrected chi connectivity index (χ0v) is 11.7. The SMILES string of the molecule is CC1CCN(S(=O)(=O)C2CCCNC2)CC1C. The van der Waals surface area contributed by atoms with E-state index in [2.05, 4.69) is 19.2 Å². The van der Waals surface area contributed by atoms with Gasteiger partial charge in [0.15, 0.2) is 0 Å². The Kier molecular flexibility index (Phi) is 4.10. The molecule has 2 rings (SSSR count). The molecule has 0 aliphatic carbocycles. The molecule has 4 nitrogen and oxygen atoms in total. The third-order valence-electron chi connectivity index (χ3n) is 4.33. The van der Waals surface area contributed by atoms with Crippen LogP contribution >= 0.6 is 0 Å². The van der Waals surface area contributed by atoms with Crippen LogP contribution < -0.4 is 5.32 Å². The maximum Gasteiger partial charge on any atom is 0.218 e. The highest BCUT2D eigenvalue weighted by atomic mass is 32.2. The largest absolute Gasteiger partial charge is 0.315 e. The summed E-state index contributed by atoms with van der Waals surface area (Å²) in [6, 6.07) is 0. The lowest BCUT2D eigenvalue weighted by molar-refractivity contribution is 0.210. The van der Waals surface area contributed by atoms with Crippen molar-refractivity contribution in [3.8, 4) is 0 Å². The molecule has 2 fully saturated rings. The van der Waals surface area contributed by atoms with Crippen molar-refractivity contribution in [1.29, 1.82) is 0 Å². The molecule has 0 bridgehead atoms. The maximum atomic E-state index is 12.5. The first kappa shape index (κ1) is 13.3. The zero-order chi connectivity index (χ0) is 12.5. The van der Waals surface area contributed by atoms with Gasteiger partial charge in [-0.05, 0) is 37.6 Å². The summed E-state index contributed by atoms with van der Waals surface area (Å²) in [6.07, 6.45) is 2.79. The van der Waals surface area contributed by atoms with E-state index in [1.165, 1.54) is 0 Å². The van der Waals surface area contributed by atoms with Crippen LogP contribution in [0.4, 0.5) is 0 Å². The number of nitrogens with zero attached hydrogens (tertiary/aromatic N) is 1. The van der Waals surface area contributed by atoms with Gasteiger partial charge >= 0.3 is 0 Å². The van der Waals surface area contributed by atoms with Crippen molar-refractivity contribution in [1.82, 2.24) is 9.62 Å². The Morgan fingerprint density at radius 2 is 1.94 bits per heavy atom. The van der Waals surface area contributed by atoms with Gasteiger partial charge in [0.25, 0.3) is 0 Å². The lowest BCUT2D eigenvalue weighted by Gasteiger charge is -2.37. The molecule has 0 aromatic carbocycles. The molecule has 100 valence electrons. The Balaban J connectivity index is 2.04. The lowest BCUT2D eigenvalue weighted by Crippen LogP contribution is -2.50. The van der Waals surface area contributed by atoms with E-state index in [0.29, 0.717) is 31.5 Å². The summed E-state index contributed by atoms with van der Waals surface area (Å²) in [4.78, 5) is 0. The van der Waals surface area contributed by atoms with Crippen molar-refractivity contribution in [2.75, 3.05) is 26.2 Å². The topological polar surface area (TPSA) is 49.4 Å². The maximum absolute atomic E-state index is 12.5. The number of hydrogen-bond donors (Lipinski definition) is 1. The minimum absolute atomic E-state index is 0.197. The van der Waals surface area contributed by atoms with Crippen molar-refractivity contribution in [3.05, 3.63) is 0 Å². The van der Waals surface area contributed by atoms with Crippen LogP contribution in [0.3, 0.4) is 0 Å². The smallest absolute Gasteiger partial charge is 0.218 e. The number of sulfonamides is 1. The summed E-state index contributed by atoms with van der Waals surface area (Å²) in [5.74, 6) is 1.13. The Hall–Kier alpha value is -0.130. The Bertz CT molecular complexity index is 350. The molecule has 2 saturated heterocycles. The van der Waals surface area contributed by atoms with Crippen molar-refractivity contribution in [2.45, 2.75) is 38.4 Å². The number of hydrogen-bond acceptors (Lipinski definition) is 3. The zero-order valence-electron chi connectivity index (χ0n) is 10.9. The second kappa shape index (κ2) is 5.24. The van der Waals surface area contributed by atoms with Crippen LogP contribution in [-0.2, 0) is 10.0 Å². The summed E-state index contributed by atoms with van der Waals surface area (Å²) in [5, 5.41) is 3.00. The highest BCUT2D eigenvalue weighted by Crippen LogP contribution is 2.27. The summed E-state index contributed by atoms with van der Waals surface area (Å²) in [7, 11) is -3.07. The van der Waals surface area contributed by atoms with Gasteiger partial charge in [0.1, 0.15) is 0 Å². The van der Waals surface area contributed by atoms with Gasteiger partial charge in [-0.3, -0.25) is 0 Å².